The lowest BCUT2D eigenvalue weighted by molar-refractivity contribution is -0.131. The van der Waals surface area contributed by atoms with Crippen molar-refractivity contribution in [3.63, 3.8) is 0 Å². The van der Waals surface area contributed by atoms with Crippen LogP contribution in [0.15, 0.2) is 23.6 Å². The van der Waals surface area contributed by atoms with Crippen LogP contribution in [0.1, 0.15) is 29.3 Å². The number of carbonyl (C=O) groups excluding carboxylic acids is 1. The fraction of sp³-hybridized carbons (Fsp3) is 0.333. The number of carbonyl (C=O) groups is 2. The van der Waals surface area contributed by atoms with E-state index in [1.54, 1.807) is 11.3 Å². The van der Waals surface area contributed by atoms with E-state index in [4.69, 9.17) is 5.11 Å². The molecular formula is C12H13NO3S. The highest BCUT2D eigenvalue weighted by Gasteiger charge is 2.21. The number of aliphatic carboxylic acids is 1. The Morgan fingerprint density at radius 3 is 3.06 bits per heavy atom. The summed E-state index contributed by atoms with van der Waals surface area (Å²) in [7, 11) is 0. The molecule has 90 valence electrons. The lowest BCUT2D eigenvalue weighted by Crippen LogP contribution is -2.29. The molecule has 0 radical (unpaired) electrons. The minimum absolute atomic E-state index is 0.0240. The average Bonchev–Trinajstić information content (AvgIpc) is 2.75. The van der Waals surface area contributed by atoms with Crippen LogP contribution in [0.2, 0.25) is 0 Å². The van der Waals surface area contributed by atoms with E-state index in [1.807, 2.05) is 11.4 Å². The zero-order chi connectivity index (χ0) is 12.3. The Labute approximate surface area is 103 Å². The lowest BCUT2D eigenvalue weighted by atomic mass is 9.94. The molecule has 2 N–H and O–H groups in total. The van der Waals surface area contributed by atoms with Gasteiger partial charge in [0.05, 0.1) is 6.04 Å². The first-order chi connectivity index (χ1) is 8.16. The SMILES string of the molecule is O=C(O)/C=C/C(=O)NC1CCCc2sccc21. The Kier molecular flexibility index (Phi) is 3.58. The quantitative estimate of drug-likeness (QED) is 0.806. The van der Waals surface area contributed by atoms with Gasteiger partial charge in [0.2, 0.25) is 5.91 Å². The molecule has 1 unspecified atom stereocenters. The van der Waals surface area contributed by atoms with Gasteiger partial charge in [-0.25, -0.2) is 4.79 Å². The van der Waals surface area contributed by atoms with Crippen molar-refractivity contribution in [1.29, 1.82) is 0 Å². The number of carboxylic acids is 1. The van der Waals surface area contributed by atoms with Crippen molar-refractivity contribution in [2.75, 3.05) is 0 Å². The Morgan fingerprint density at radius 2 is 2.29 bits per heavy atom. The molecule has 17 heavy (non-hydrogen) atoms. The molecule has 0 aliphatic heterocycles. The van der Waals surface area contributed by atoms with Gasteiger partial charge in [0.15, 0.2) is 0 Å². The molecule has 0 saturated heterocycles. The van der Waals surface area contributed by atoms with Crippen molar-refractivity contribution in [3.8, 4) is 0 Å². The molecule has 1 aliphatic rings. The maximum Gasteiger partial charge on any atom is 0.328 e. The number of amides is 1. The topological polar surface area (TPSA) is 66.4 Å². The van der Waals surface area contributed by atoms with Crippen LogP contribution in [-0.2, 0) is 16.0 Å². The van der Waals surface area contributed by atoms with Crippen LogP contribution in [0.5, 0.6) is 0 Å². The third kappa shape index (κ3) is 2.94. The molecule has 1 aromatic heterocycles. The first-order valence-corrected chi connectivity index (χ1v) is 6.32. The summed E-state index contributed by atoms with van der Waals surface area (Å²) in [5.74, 6) is -1.46. The number of aryl methyl sites for hydroxylation is 1. The molecule has 0 aromatic carbocycles. The molecule has 5 heteroatoms. The Balaban J connectivity index is 2.02. The predicted molar refractivity (Wildman–Crippen MR) is 64.9 cm³/mol. The predicted octanol–water partition coefficient (Wildman–Crippen LogP) is 1.88. The number of nitrogens with one attached hydrogen (secondary N) is 1. The standard InChI is InChI=1S/C12H13NO3S/c14-11(4-5-12(15)16)13-9-2-1-3-10-8(9)6-7-17-10/h4-7,9H,1-3H2,(H,13,14)(H,15,16)/b5-4+. The van der Waals surface area contributed by atoms with Crippen LogP contribution in [0.3, 0.4) is 0 Å². The fourth-order valence-electron chi connectivity index (χ4n) is 2.00. The minimum Gasteiger partial charge on any atom is -0.478 e. The van der Waals surface area contributed by atoms with Gasteiger partial charge in [0.25, 0.3) is 0 Å². The summed E-state index contributed by atoms with van der Waals surface area (Å²) in [5, 5.41) is 13.3. The normalized spacial score (nSPS) is 18.9. The summed E-state index contributed by atoms with van der Waals surface area (Å²) in [4.78, 5) is 23.1. The summed E-state index contributed by atoms with van der Waals surface area (Å²) in [5.41, 5.74) is 1.18. The number of rotatable bonds is 3. The first-order valence-electron chi connectivity index (χ1n) is 5.44. The summed E-state index contributed by atoms with van der Waals surface area (Å²) in [6.45, 7) is 0. The van der Waals surface area contributed by atoms with Crippen molar-refractivity contribution in [2.24, 2.45) is 0 Å². The third-order valence-corrected chi connectivity index (χ3v) is 3.74. The molecule has 1 aromatic rings. The second-order valence-electron chi connectivity index (χ2n) is 3.92. The molecule has 0 spiro atoms. The smallest absolute Gasteiger partial charge is 0.328 e. The highest BCUT2D eigenvalue weighted by atomic mass is 32.1. The highest BCUT2D eigenvalue weighted by Crippen LogP contribution is 2.33. The Bertz CT molecular complexity index is 464. The van der Waals surface area contributed by atoms with E-state index >= 15 is 0 Å². The van der Waals surface area contributed by atoms with E-state index in [0.29, 0.717) is 0 Å². The van der Waals surface area contributed by atoms with Crippen molar-refractivity contribution < 1.29 is 14.7 Å². The van der Waals surface area contributed by atoms with Gasteiger partial charge in [-0.3, -0.25) is 4.79 Å². The molecule has 1 aliphatic carbocycles. The van der Waals surface area contributed by atoms with Gasteiger partial charge in [0.1, 0.15) is 0 Å². The molecule has 4 nitrogen and oxygen atoms in total. The average molecular weight is 251 g/mol. The van der Waals surface area contributed by atoms with Gasteiger partial charge >= 0.3 is 5.97 Å². The van der Waals surface area contributed by atoms with Gasteiger partial charge in [-0.15, -0.1) is 11.3 Å². The molecule has 0 fully saturated rings. The van der Waals surface area contributed by atoms with E-state index in [-0.39, 0.29) is 11.9 Å². The van der Waals surface area contributed by atoms with Crippen LogP contribution in [0, 0.1) is 0 Å². The fourth-order valence-corrected chi connectivity index (χ4v) is 2.99. The summed E-state index contributed by atoms with van der Waals surface area (Å²) in [6, 6.07) is 2.06. The third-order valence-electron chi connectivity index (χ3n) is 2.75. The van der Waals surface area contributed by atoms with Crippen LogP contribution in [0.25, 0.3) is 0 Å². The van der Waals surface area contributed by atoms with E-state index in [9.17, 15) is 9.59 Å². The number of hydrogen-bond acceptors (Lipinski definition) is 3. The van der Waals surface area contributed by atoms with Gasteiger partial charge in [0, 0.05) is 17.0 Å². The zero-order valence-electron chi connectivity index (χ0n) is 9.18. The van der Waals surface area contributed by atoms with Crippen molar-refractivity contribution in [1.82, 2.24) is 5.32 Å². The number of fused-ring (bicyclic) bond motifs is 1. The number of thiophene rings is 1. The molecule has 1 atom stereocenters. The highest BCUT2D eigenvalue weighted by molar-refractivity contribution is 7.10. The van der Waals surface area contributed by atoms with E-state index in [1.165, 1.54) is 10.4 Å². The summed E-state index contributed by atoms with van der Waals surface area (Å²) in [6.07, 6.45) is 4.96. The second kappa shape index (κ2) is 5.14. The van der Waals surface area contributed by atoms with Crippen LogP contribution >= 0.6 is 11.3 Å². The lowest BCUT2D eigenvalue weighted by Gasteiger charge is -2.23. The molecule has 1 heterocycles. The molecule has 0 saturated carbocycles. The Hall–Kier alpha value is -1.62. The van der Waals surface area contributed by atoms with Crippen molar-refractivity contribution in [3.05, 3.63) is 34.0 Å². The van der Waals surface area contributed by atoms with E-state index in [0.717, 1.165) is 31.4 Å². The largest absolute Gasteiger partial charge is 0.478 e. The van der Waals surface area contributed by atoms with Gasteiger partial charge in [-0.1, -0.05) is 0 Å². The number of carboxylic acid groups (broad SMARTS) is 1. The van der Waals surface area contributed by atoms with Crippen LogP contribution < -0.4 is 5.32 Å². The van der Waals surface area contributed by atoms with Gasteiger partial charge in [-0.2, -0.15) is 0 Å². The first kappa shape index (κ1) is 11.9. The van der Waals surface area contributed by atoms with Gasteiger partial charge in [-0.05, 0) is 36.3 Å². The molecular weight excluding hydrogens is 238 g/mol. The molecule has 2 rings (SSSR count). The summed E-state index contributed by atoms with van der Waals surface area (Å²) < 4.78 is 0. The summed E-state index contributed by atoms with van der Waals surface area (Å²) >= 11 is 1.71. The minimum atomic E-state index is -1.11. The maximum atomic E-state index is 11.5. The second-order valence-corrected chi connectivity index (χ2v) is 4.92. The van der Waals surface area contributed by atoms with E-state index < -0.39 is 5.97 Å². The van der Waals surface area contributed by atoms with Gasteiger partial charge < -0.3 is 10.4 Å². The Morgan fingerprint density at radius 1 is 1.47 bits per heavy atom. The number of hydrogen-bond donors (Lipinski definition) is 2. The monoisotopic (exact) mass is 251 g/mol. The zero-order valence-corrected chi connectivity index (χ0v) is 10.00. The van der Waals surface area contributed by atoms with E-state index in [2.05, 4.69) is 5.32 Å². The molecule has 1 amide bonds. The van der Waals surface area contributed by atoms with Crippen LogP contribution in [-0.4, -0.2) is 17.0 Å². The maximum absolute atomic E-state index is 11.5. The molecule has 0 bridgehead atoms. The van der Waals surface area contributed by atoms with Crippen LogP contribution in [0.4, 0.5) is 0 Å². The van der Waals surface area contributed by atoms with Crippen molar-refractivity contribution in [2.45, 2.75) is 25.3 Å². The van der Waals surface area contributed by atoms with Crippen molar-refractivity contribution >= 4 is 23.2 Å².